The number of nitrogens with zero attached hydrogens (tertiary/aromatic N) is 1. The van der Waals surface area contributed by atoms with Gasteiger partial charge in [0.05, 0.1) is 10.6 Å². The molecular formula is C14H21N3OS. The highest BCUT2D eigenvalue weighted by Crippen LogP contribution is 2.36. The van der Waals surface area contributed by atoms with Crippen molar-refractivity contribution >= 4 is 27.8 Å². The zero-order chi connectivity index (χ0) is 14.6. The third-order valence-corrected chi connectivity index (χ3v) is 3.99. The largest absolute Gasteiger partial charge is 0.396 e. The molecule has 1 aromatic heterocycles. The predicted molar refractivity (Wildman–Crippen MR) is 80.6 cm³/mol. The van der Waals surface area contributed by atoms with Gasteiger partial charge in [0.25, 0.3) is 0 Å². The average Bonchev–Trinajstić information content (AvgIpc) is 2.64. The zero-order valence-electron chi connectivity index (χ0n) is 11.9. The lowest BCUT2D eigenvalue weighted by Gasteiger charge is -2.06. The van der Waals surface area contributed by atoms with Crippen molar-refractivity contribution in [2.45, 2.75) is 34.1 Å². The van der Waals surface area contributed by atoms with Gasteiger partial charge in [0.15, 0.2) is 5.78 Å². The fourth-order valence-electron chi connectivity index (χ4n) is 1.60. The van der Waals surface area contributed by atoms with Crippen LogP contribution < -0.4 is 11.1 Å². The molecule has 4 nitrogen and oxygen atoms in total. The molecular weight excluding hydrogens is 258 g/mol. The smallest absolute Gasteiger partial charge is 0.177 e. The molecule has 0 unspecified atom stereocenters. The first kappa shape index (κ1) is 15.5. The molecule has 1 rings (SSSR count). The Hall–Kier alpha value is -1.54. The van der Waals surface area contributed by atoms with Gasteiger partial charge in [-0.3, -0.25) is 4.79 Å². The van der Waals surface area contributed by atoms with E-state index in [9.17, 15) is 4.79 Å². The number of carbonyl (C=O) groups excluding carboxylic acids is 1. The summed E-state index contributed by atoms with van der Waals surface area (Å²) in [6.45, 7) is 8.73. The summed E-state index contributed by atoms with van der Waals surface area (Å²) in [5.74, 6) is 0.471. The molecule has 0 fully saturated rings. The van der Waals surface area contributed by atoms with Gasteiger partial charge in [0.1, 0.15) is 16.6 Å². The van der Waals surface area contributed by atoms with Crippen LogP contribution in [0.4, 0.5) is 10.7 Å². The summed E-state index contributed by atoms with van der Waals surface area (Å²) in [5.41, 5.74) is 6.63. The Kier molecular flexibility index (Phi) is 5.37. The van der Waals surface area contributed by atoms with E-state index in [-0.39, 0.29) is 11.7 Å². The van der Waals surface area contributed by atoms with Gasteiger partial charge in [-0.1, -0.05) is 27.7 Å². The molecule has 0 radical (unpaired) electrons. The molecule has 1 aromatic rings. The van der Waals surface area contributed by atoms with Crippen LogP contribution in [0.5, 0.6) is 0 Å². The van der Waals surface area contributed by atoms with E-state index in [1.165, 1.54) is 11.3 Å². The van der Waals surface area contributed by atoms with E-state index in [1.807, 2.05) is 13.8 Å². The first-order valence-corrected chi connectivity index (χ1v) is 7.30. The number of Topliss-reactive ketones (excluding diaryl/α,β-unsaturated/α-hetero) is 1. The fraction of sp³-hybridized carbons (Fsp3) is 0.571. The molecule has 1 heterocycles. The number of nitrogens with one attached hydrogen (secondary N) is 1. The normalized spacial score (nSPS) is 10.8. The van der Waals surface area contributed by atoms with Gasteiger partial charge in [-0.25, -0.2) is 0 Å². The second kappa shape index (κ2) is 6.58. The van der Waals surface area contributed by atoms with Crippen molar-refractivity contribution in [3.8, 4) is 6.07 Å². The maximum absolute atomic E-state index is 12.0. The summed E-state index contributed by atoms with van der Waals surface area (Å²) in [4.78, 5) is 12.5. The van der Waals surface area contributed by atoms with E-state index >= 15 is 0 Å². The molecule has 5 heteroatoms. The first-order valence-electron chi connectivity index (χ1n) is 6.48. The number of nitrogen functional groups attached to an aromatic ring is 1. The lowest BCUT2D eigenvalue weighted by molar-refractivity contribution is 0.0944. The molecule has 0 saturated heterocycles. The molecule has 0 aliphatic rings. The monoisotopic (exact) mass is 279 g/mol. The predicted octanol–water partition coefficient (Wildman–Crippen LogP) is 3.50. The van der Waals surface area contributed by atoms with Gasteiger partial charge in [-0.2, -0.15) is 5.26 Å². The van der Waals surface area contributed by atoms with Crippen molar-refractivity contribution in [1.82, 2.24) is 0 Å². The topological polar surface area (TPSA) is 78.9 Å². The van der Waals surface area contributed by atoms with E-state index in [0.717, 1.165) is 13.0 Å². The number of hydrogen-bond acceptors (Lipinski definition) is 5. The molecule has 19 heavy (non-hydrogen) atoms. The molecule has 104 valence electrons. The van der Waals surface area contributed by atoms with Crippen molar-refractivity contribution in [2.75, 3.05) is 17.6 Å². The van der Waals surface area contributed by atoms with Crippen molar-refractivity contribution in [3.63, 3.8) is 0 Å². The molecule has 0 atom stereocenters. The fourth-order valence-corrected chi connectivity index (χ4v) is 2.78. The Labute approximate surface area is 118 Å². The quantitative estimate of drug-likeness (QED) is 0.781. The Bertz CT molecular complexity index is 498. The summed E-state index contributed by atoms with van der Waals surface area (Å²) in [6.07, 6.45) is 1.01. The van der Waals surface area contributed by atoms with Gasteiger partial charge >= 0.3 is 0 Å². The molecule has 0 saturated carbocycles. The Balaban J connectivity index is 2.97. The third-order valence-electron chi connectivity index (χ3n) is 2.81. The number of hydrogen-bond donors (Lipinski definition) is 2. The lowest BCUT2D eigenvalue weighted by Crippen LogP contribution is -2.07. The van der Waals surface area contributed by atoms with Crippen molar-refractivity contribution < 1.29 is 4.79 Å². The summed E-state index contributed by atoms with van der Waals surface area (Å²) in [5, 5.41) is 13.1. The average molecular weight is 279 g/mol. The van der Waals surface area contributed by atoms with Gasteiger partial charge in [0, 0.05) is 12.5 Å². The van der Waals surface area contributed by atoms with Crippen LogP contribution in [-0.2, 0) is 0 Å². The molecule has 0 bridgehead atoms. The van der Waals surface area contributed by atoms with Crippen LogP contribution in [-0.4, -0.2) is 12.3 Å². The molecule has 0 aliphatic heterocycles. The standard InChI is InChI=1S/C14H21N3OS/c1-8(2)5-6-17-14-10(7-15)11(16)13(19-14)12(18)9(3)4/h8-9,17H,5-6,16H2,1-4H3. The van der Waals surface area contributed by atoms with Crippen LogP contribution in [0.2, 0.25) is 0 Å². The van der Waals surface area contributed by atoms with Crippen molar-refractivity contribution in [2.24, 2.45) is 11.8 Å². The minimum atomic E-state index is -0.115. The van der Waals surface area contributed by atoms with Crippen LogP contribution in [0.3, 0.4) is 0 Å². The molecule has 3 N–H and O–H groups in total. The Morgan fingerprint density at radius 3 is 2.53 bits per heavy atom. The maximum Gasteiger partial charge on any atom is 0.177 e. The Morgan fingerprint density at radius 1 is 1.42 bits per heavy atom. The second-order valence-electron chi connectivity index (χ2n) is 5.29. The number of carbonyl (C=O) groups is 1. The van der Waals surface area contributed by atoms with Gasteiger partial charge in [0.2, 0.25) is 0 Å². The molecule has 0 aliphatic carbocycles. The Morgan fingerprint density at radius 2 is 2.05 bits per heavy atom. The van der Waals surface area contributed by atoms with Crippen LogP contribution >= 0.6 is 11.3 Å². The second-order valence-corrected chi connectivity index (χ2v) is 6.31. The van der Waals surface area contributed by atoms with Gasteiger partial charge in [-0.15, -0.1) is 11.3 Å². The number of anilines is 2. The molecule has 0 spiro atoms. The SMILES string of the molecule is CC(C)CCNc1sc(C(=O)C(C)C)c(N)c1C#N. The minimum absolute atomic E-state index is 0.00379. The van der Waals surface area contributed by atoms with E-state index in [4.69, 9.17) is 11.0 Å². The van der Waals surface area contributed by atoms with E-state index in [2.05, 4.69) is 25.2 Å². The van der Waals surface area contributed by atoms with Crippen molar-refractivity contribution in [1.29, 1.82) is 5.26 Å². The van der Waals surface area contributed by atoms with Gasteiger partial charge in [-0.05, 0) is 12.3 Å². The molecule has 0 amide bonds. The van der Waals surface area contributed by atoms with Gasteiger partial charge < -0.3 is 11.1 Å². The van der Waals surface area contributed by atoms with Crippen LogP contribution in [0.15, 0.2) is 0 Å². The highest BCUT2D eigenvalue weighted by molar-refractivity contribution is 7.19. The summed E-state index contributed by atoms with van der Waals surface area (Å²) in [6, 6.07) is 2.09. The number of nitrogens with two attached hydrogens (primary N) is 1. The number of nitriles is 1. The number of rotatable bonds is 6. The van der Waals surface area contributed by atoms with E-state index < -0.39 is 0 Å². The highest BCUT2D eigenvalue weighted by Gasteiger charge is 2.22. The summed E-state index contributed by atoms with van der Waals surface area (Å²) >= 11 is 1.29. The van der Waals surface area contributed by atoms with Crippen LogP contribution in [0.25, 0.3) is 0 Å². The minimum Gasteiger partial charge on any atom is -0.396 e. The van der Waals surface area contributed by atoms with Crippen LogP contribution in [0, 0.1) is 23.2 Å². The zero-order valence-corrected chi connectivity index (χ0v) is 12.7. The summed E-state index contributed by atoms with van der Waals surface area (Å²) in [7, 11) is 0. The van der Waals surface area contributed by atoms with E-state index in [0.29, 0.717) is 27.0 Å². The highest BCUT2D eigenvalue weighted by atomic mass is 32.1. The number of thiophene rings is 1. The molecule has 0 aromatic carbocycles. The summed E-state index contributed by atoms with van der Waals surface area (Å²) < 4.78 is 0. The van der Waals surface area contributed by atoms with Crippen LogP contribution in [0.1, 0.15) is 49.4 Å². The first-order chi connectivity index (χ1) is 8.88. The third kappa shape index (κ3) is 3.71. The maximum atomic E-state index is 12.0. The van der Waals surface area contributed by atoms with Crippen molar-refractivity contribution in [3.05, 3.63) is 10.4 Å². The van der Waals surface area contributed by atoms with E-state index in [1.54, 1.807) is 0 Å². The number of ketones is 1. The lowest BCUT2D eigenvalue weighted by atomic mass is 10.1.